The van der Waals surface area contributed by atoms with Gasteiger partial charge in [0.05, 0.1) is 17.3 Å². The van der Waals surface area contributed by atoms with Crippen molar-refractivity contribution >= 4 is 22.8 Å². The van der Waals surface area contributed by atoms with E-state index in [9.17, 15) is 9.59 Å². The molecule has 1 fully saturated rings. The van der Waals surface area contributed by atoms with Crippen molar-refractivity contribution in [3.63, 3.8) is 0 Å². The molecule has 0 atom stereocenters. The van der Waals surface area contributed by atoms with Crippen LogP contribution in [0.2, 0.25) is 0 Å². The van der Waals surface area contributed by atoms with Crippen molar-refractivity contribution in [1.29, 1.82) is 0 Å². The fraction of sp³-hybridized carbons (Fsp3) is 0.350. The molecule has 2 aromatic heterocycles. The standard InChI is InChI=1S/C20H22N4O3/c1-14-21-16-13-15(6-7-17(16)22(14)2)19(25)23-8-4-9-24(11-10-23)20(26)18-5-3-12-27-18/h3,5-7,12-13H,4,8-11H2,1-2H3. The lowest BCUT2D eigenvalue weighted by molar-refractivity contribution is 0.0700. The Bertz CT molecular complexity index is 990. The summed E-state index contributed by atoms with van der Waals surface area (Å²) < 4.78 is 7.21. The summed E-state index contributed by atoms with van der Waals surface area (Å²) in [5.41, 5.74) is 2.46. The Labute approximate surface area is 157 Å². The number of benzene rings is 1. The smallest absolute Gasteiger partial charge is 0.289 e. The Balaban J connectivity index is 1.49. The summed E-state index contributed by atoms with van der Waals surface area (Å²) in [6, 6.07) is 9.01. The summed E-state index contributed by atoms with van der Waals surface area (Å²) in [4.78, 5) is 33.5. The van der Waals surface area contributed by atoms with Gasteiger partial charge in [0.15, 0.2) is 5.76 Å². The maximum absolute atomic E-state index is 13.0. The predicted molar refractivity (Wildman–Crippen MR) is 101 cm³/mol. The zero-order valence-corrected chi connectivity index (χ0v) is 15.5. The molecule has 2 amide bonds. The van der Waals surface area contributed by atoms with Crippen LogP contribution in [0.15, 0.2) is 41.0 Å². The molecule has 140 valence electrons. The van der Waals surface area contributed by atoms with Crippen molar-refractivity contribution in [2.45, 2.75) is 13.3 Å². The Morgan fingerprint density at radius 3 is 2.48 bits per heavy atom. The quantitative estimate of drug-likeness (QED) is 0.698. The first kappa shape index (κ1) is 17.3. The first-order valence-electron chi connectivity index (χ1n) is 9.10. The van der Waals surface area contributed by atoms with Crippen LogP contribution in [-0.2, 0) is 7.05 Å². The summed E-state index contributed by atoms with van der Waals surface area (Å²) in [6.45, 7) is 4.18. The van der Waals surface area contributed by atoms with Gasteiger partial charge in [0.2, 0.25) is 0 Å². The SMILES string of the molecule is Cc1nc2cc(C(=O)N3CCCN(C(=O)c4ccco4)CC3)ccc2n1C. The molecule has 1 aliphatic heterocycles. The highest BCUT2D eigenvalue weighted by atomic mass is 16.3. The van der Waals surface area contributed by atoms with Crippen LogP contribution in [0.1, 0.15) is 33.2 Å². The second kappa shape index (κ2) is 6.90. The van der Waals surface area contributed by atoms with Gasteiger partial charge in [-0.2, -0.15) is 0 Å². The monoisotopic (exact) mass is 366 g/mol. The van der Waals surface area contributed by atoms with Gasteiger partial charge in [0.1, 0.15) is 5.82 Å². The number of furan rings is 1. The topological polar surface area (TPSA) is 71.6 Å². The molecule has 4 rings (SSSR count). The molecule has 0 bridgehead atoms. The molecule has 1 aliphatic rings. The summed E-state index contributed by atoms with van der Waals surface area (Å²) in [5, 5.41) is 0. The van der Waals surface area contributed by atoms with Gasteiger partial charge in [0.25, 0.3) is 11.8 Å². The normalized spacial score (nSPS) is 15.2. The first-order valence-corrected chi connectivity index (χ1v) is 9.10. The molecule has 7 nitrogen and oxygen atoms in total. The molecular weight excluding hydrogens is 344 g/mol. The number of carbonyl (C=O) groups excluding carboxylic acids is 2. The molecule has 0 N–H and O–H groups in total. The molecule has 0 radical (unpaired) electrons. The number of amides is 2. The van der Waals surface area contributed by atoms with E-state index in [1.54, 1.807) is 17.0 Å². The second-order valence-corrected chi connectivity index (χ2v) is 6.84. The van der Waals surface area contributed by atoms with E-state index in [4.69, 9.17) is 4.42 Å². The number of hydrogen-bond acceptors (Lipinski definition) is 4. The lowest BCUT2D eigenvalue weighted by atomic mass is 10.1. The molecule has 7 heteroatoms. The van der Waals surface area contributed by atoms with E-state index >= 15 is 0 Å². The van der Waals surface area contributed by atoms with Gasteiger partial charge in [-0.3, -0.25) is 9.59 Å². The van der Waals surface area contributed by atoms with E-state index in [-0.39, 0.29) is 11.8 Å². The van der Waals surface area contributed by atoms with Crippen LogP contribution in [0.5, 0.6) is 0 Å². The molecule has 3 heterocycles. The molecule has 27 heavy (non-hydrogen) atoms. The third-order valence-electron chi connectivity index (χ3n) is 5.15. The number of hydrogen-bond donors (Lipinski definition) is 0. The number of rotatable bonds is 2. The second-order valence-electron chi connectivity index (χ2n) is 6.84. The maximum Gasteiger partial charge on any atom is 0.289 e. The van der Waals surface area contributed by atoms with Crippen LogP contribution in [0.4, 0.5) is 0 Å². The molecule has 0 unspecified atom stereocenters. The minimum atomic E-state index is -0.125. The van der Waals surface area contributed by atoms with Crippen LogP contribution >= 0.6 is 0 Å². The average molecular weight is 366 g/mol. The zero-order valence-electron chi connectivity index (χ0n) is 15.5. The minimum Gasteiger partial charge on any atom is -0.459 e. The van der Waals surface area contributed by atoms with Gasteiger partial charge < -0.3 is 18.8 Å². The van der Waals surface area contributed by atoms with Crippen molar-refractivity contribution in [2.75, 3.05) is 26.2 Å². The molecule has 0 spiro atoms. The molecule has 0 saturated carbocycles. The van der Waals surface area contributed by atoms with E-state index in [2.05, 4.69) is 4.98 Å². The van der Waals surface area contributed by atoms with Crippen molar-refractivity contribution in [3.05, 3.63) is 53.7 Å². The first-order chi connectivity index (χ1) is 13.0. The third kappa shape index (κ3) is 3.20. The van der Waals surface area contributed by atoms with Gasteiger partial charge in [-0.25, -0.2) is 4.98 Å². The van der Waals surface area contributed by atoms with Gasteiger partial charge in [-0.05, 0) is 43.7 Å². The zero-order chi connectivity index (χ0) is 19.0. The van der Waals surface area contributed by atoms with Crippen molar-refractivity contribution < 1.29 is 14.0 Å². The van der Waals surface area contributed by atoms with E-state index in [0.29, 0.717) is 37.5 Å². The average Bonchev–Trinajstić information content (AvgIpc) is 3.22. The highest BCUT2D eigenvalue weighted by Gasteiger charge is 2.25. The largest absolute Gasteiger partial charge is 0.459 e. The third-order valence-corrected chi connectivity index (χ3v) is 5.15. The van der Waals surface area contributed by atoms with Crippen LogP contribution in [0.25, 0.3) is 11.0 Å². The Morgan fingerprint density at radius 2 is 1.78 bits per heavy atom. The van der Waals surface area contributed by atoms with Gasteiger partial charge in [-0.1, -0.05) is 0 Å². The summed E-state index contributed by atoms with van der Waals surface area (Å²) in [7, 11) is 1.96. The number of aryl methyl sites for hydroxylation is 2. The Kier molecular flexibility index (Phi) is 4.43. The fourth-order valence-electron chi connectivity index (χ4n) is 3.52. The highest BCUT2D eigenvalue weighted by molar-refractivity contribution is 5.97. The maximum atomic E-state index is 13.0. The van der Waals surface area contributed by atoms with Crippen molar-refractivity contribution in [2.24, 2.45) is 7.05 Å². The van der Waals surface area contributed by atoms with Crippen LogP contribution in [0.3, 0.4) is 0 Å². The molecular formula is C20H22N4O3. The van der Waals surface area contributed by atoms with Gasteiger partial charge in [-0.15, -0.1) is 0 Å². The highest BCUT2D eigenvalue weighted by Crippen LogP contribution is 2.18. The molecule has 0 aliphatic carbocycles. The number of aromatic nitrogens is 2. The van der Waals surface area contributed by atoms with Crippen molar-refractivity contribution in [3.8, 4) is 0 Å². The van der Waals surface area contributed by atoms with Crippen LogP contribution < -0.4 is 0 Å². The molecule has 3 aromatic rings. The van der Waals surface area contributed by atoms with E-state index < -0.39 is 0 Å². The predicted octanol–water partition coefficient (Wildman–Crippen LogP) is 2.46. The number of carbonyl (C=O) groups is 2. The minimum absolute atomic E-state index is 0.0208. The van der Waals surface area contributed by atoms with E-state index in [1.165, 1.54) is 6.26 Å². The van der Waals surface area contributed by atoms with Crippen LogP contribution in [0, 0.1) is 6.92 Å². The molecule has 1 saturated heterocycles. The number of fused-ring (bicyclic) bond motifs is 1. The van der Waals surface area contributed by atoms with E-state index in [1.807, 2.05) is 41.6 Å². The summed E-state index contributed by atoms with van der Waals surface area (Å²) in [6.07, 6.45) is 2.24. The van der Waals surface area contributed by atoms with Crippen LogP contribution in [-0.4, -0.2) is 57.3 Å². The Morgan fingerprint density at radius 1 is 1.04 bits per heavy atom. The van der Waals surface area contributed by atoms with E-state index in [0.717, 1.165) is 23.3 Å². The lowest BCUT2D eigenvalue weighted by Gasteiger charge is -2.21. The summed E-state index contributed by atoms with van der Waals surface area (Å²) >= 11 is 0. The van der Waals surface area contributed by atoms with Crippen molar-refractivity contribution in [1.82, 2.24) is 19.4 Å². The van der Waals surface area contributed by atoms with Gasteiger partial charge >= 0.3 is 0 Å². The molecule has 1 aromatic carbocycles. The lowest BCUT2D eigenvalue weighted by Crippen LogP contribution is -2.37. The number of imidazole rings is 1. The number of nitrogens with zero attached hydrogens (tertiary/aromatic N) is 4. The fourth-order valence-corrected chi connectivity index (χ4v) is 3.52. The summed E-state index contributed by atoms with van der Waals surface area (Å²) in [5.74, 6) is 1.11. The Hall–Kier alpha value is -3.09. The van der Waals surface area contributed by atoms with Gasteiger partial charge in [0, 0.05) is 38.8 Å².